The van der Waals surface area contributed by atoms with Gasteiger partial charge in [-0.15, -0.1) is 0 Å². The van der Waals surface area contributed by atoms with Crippen molar-refractivity contribution in [1.29, 1.82) is 0 Å². The van der Waals surface area contributed by atoms with Crippen LogP contribution in [0.4, 0.5) is 4.39 Å². The van der Waals surface area contributed by atoms with Crippen LogP contribution in [0.2, 0.25) is 0 Å². The van der Waals surface area contributed by atoms with Crippen molar-refractivity contribution in [1.82, 2.24) is 10.1 Å². The van der Waals surface area contributed by atoms with Gasteiger partial charge >= 0.3 is 0 Å². The van der Waals surface area contributed by atoms with E-state index in [1.165, 1.54) is 18.2 Å². The molecule has 0 aliphatic rings. The van der Waals surface area contributed by atoms with Crippen LogP contribution in [0.15, 0.2) is 22.7 Å². The molecule has 1 N–H and O–H groups in total. The minimum atomic E-state index is -0.457. The summed E-state index contributed by atoms with van der Waals surface area (Å²) in [5, 5.41) is 14.0. The van der Waals surface area contributed by atoms with Crippen LogP contribution in [0.5, 0.6) is 5.75 Å². The summed E-state index contributed by atoms with van der Waals surface area (Å²) in [4.78, 5) is 4.16. The van der Waals surface area contributed by atoms with Gasteiger partial charge in [-0.1, -0.05) is 19.0 Å². The molecule has 0 aliphatic heterocycles. The Morgan fingerprint density at radius 2 is 2.26 bits per heavy atom. The van der Waals surface area contributed by atoms with Gasteiger partial charge in [0.2, 0.25) is 0 Å². The van der Waals surface area contributed by atoms with E-state index in [1.54, 1.807) is 11.8 Å². The first-order chi connectivity index (χ1) is 9.10. The second-order valence-electron chi connectivity index (χ2n) is 4.21. The number of benzene rings is 1. The molecule has 0 saturated heterocycles. The molecule has 1 atom stereocenters. The largest absolute Gasteiger partial charge is 0.507 e. The van der Waals surface area contributed by atoms with E-state index < -0.39 is 5.82 Å². The number of aromatic hydroxyl groups is 1. The molecule has 1 heterocycles. The lowest BCUT2D eigenvalue weighted by molar-refractivity contribution is 0.419. The van der Waals surface area contributed by atoms with Crippen molar-refractivity contribution in [2.75, 3.05) is 0 Å². The van der Waals surface area contributed by atoms with Crippen LogP contribution in [0, 0.1) is 5.82 Å². The Morgan fingerprint density at radius 1 is 1.47 bits per heavy atom. The second-order valence-corrected chi connectivity index (χ2v) is 5.63. The lowest BCUT2D eigenvalue weighted by Gasteiger charge is -2.04. The average Bonchev–Trinajstić information content (AvgIpc) is 2.87. The van der Waals surface area contributed by atoms with Crippen LogP contribution in [0.3, 0.4) is 0 Å². The van der Waals surface area contributed by atoms with Gasteiger partial charge in [-0.25, -0.2) is 4.39 Å². The summed E-state index contributed by atoms with van der Waals surface area (Å²) in [5.41, 5.74) is 0.215. The lowest BCUT2D eigenvalue weighted by Crippen LogP contribution is -1.94. The molecule has 0 saturated carbocycles. The Balaban J connectivity index is 2.14. The summed E-state index contributed by atoms with van der Waals surface area (Å²) in [6, 6.07) is 3.62. The Kier molecular flexibility index (Phi) is 4.42. The monoisotopic (exact) mass is 282 g/mol. The van der Waals surface area contributed by atoms with E-state index in [4.69, 9.17) is 4.52 Å². The van der Waals surface area contributed by atoms with Crippen LogP contribution < -0.4 is 0 Å². The van der Waals surface area contributed by atoms with Gasteiger partial charge in [0.15, 0.2) is 5.82 Å². The maximum Gasteiger partial charge on any atom is 0.261 e. The Hall–Kier alpha value is -1.56. The number of rotatable bonds is 5. The zero-order chi connectivity index (χ0) is 13.8. The number of hydrogen-bond acceptors (Lipinski definition) is 5. The van der Waals surface area contributed by atoms with E-state index in [2.05, 4.69) is 24.0 Å². The highest BCUT2D eigenvalue weighted by atomic mass is 32.2. The summed E-state index contributed by atoms with van der Waals surface area (Å²) in [5.74, 6) is 0.780. The van der Waals surface area contributed by atoms with Crippen molar-refractivity contribution in [2.24, 2.45) is 0 Å². The first kappa shape index (κ1) is 13.9. The summed E-state index contributed by atoms with van der Waals surface area (Å²) in [7, 11) is 0. The number of phenols is 1. The van der Waals surface area contributed by atoms with Crippen LogP contribution in [-0.4, -0.2) is 20.5 Å². The van der Waals surface area contributed by atoms with E-state index in [-0.39, 0.29) is 17.2 Å². The Labute approximate surface area is 115 Å². The third-order valence-electron chi connectivity index (χ3n) is 2.73. The lowest BCUT2D eigenvalue weighted by atomic mass is 10.2. The summed E-state index contributed by atoms with van der Waals surface area (Å²) < 4.78 is 18.2. The first-order valence-electron chi connectivity index (χ1n) is 6.03. The minimum Gasteiger partial charge on any atom is -0.507 e. The molecule has 0 spiro atoms. The molecule has 19 heavy (non-hydrogen) atoms. The Bertz CT molecular complexity index is 559. The standard InChI is InChI=1S/C13H15FN2O2S/c1-3-8(2)19-7-12-15-13(18-16-12)10-6-9(14)4-5-11(10)17/h4-6,8,17H,3,7H2,1-2H3. The Morgan fingerprint density at radius 3 is 3.00 bits per heavy atom. The van der Waals surface area contributed by atoms with E-state index in [1.807, 2.05) is 0 Å². The van der Waals surface area contributed by atoms with Crippen molar-refractivity contribution in [3.63, 3.8) is 0 Å². The SMILES string of the molecule is CCC(C)SCc1noc(-c2cc(F)ccc2O)n1. The van der Waals surface area contributed by atoms with Crippen molar-refractivity contribution >= 4 is 11.8 Å². The van der Waals surface area contributed by atoms with Gasteiger partial charge in [0.1, 0.15) is 11.6 Å². The maximum absolute atomic E-state index is 13.1. The molecule has 1 aromatic heterocycles. The van der Waals surface area contributed by atoms with Crippen LogP contribution >= 0.6 is 11.8 Å². The minimum absolute atomic E-state index is 0.0776. The molecule has 1 unspecified atom stereocenters. The van der Waals surface area contributed by atoms with Crippen molar-refractivity contribution < 1.29 is 14.0 Å². The molecule has 0 aliphatic carbocycles. The van der Waals surface area contributed by atoms with Crippen molar-refractivity contribution in [2.45, 2.75) is 31.3 Å². The van der Waals surface area contributed by atoms with Gasteiger partial charge in [-0.3, -0.25) is 0 Å². The number of aromatic nitrogens is 2. The molecule has 0 bridgehead atoms. The fraction of sp³-hybridized carbons (Fsp3) is 0.385. The van der Waals surface area contributed by atoms with Gasteiger partial charge in [0.05, 0.1) is 11.3 Å². The van der Waals surface area contributed by atoms with Crippen molar-refractivity contribution in [3.8, 4) is 17.2 Å². The molecule has 2 aromatic rings. The van der Waals surface area contributed by atoms with Crippen molar-refractivity contribution in [3.05, 3.63) is 29.8 Å². The summed E-state index contributed by atoms with van der Waals surface area (Å²) in [6.45, 7) is 4.24. The van der Waals surface area contributed by atoms with Gasteiger partial charge in [0.25, 0.3) is 5.89 Å². The van der Waals surface area contributed by atoms with Gasteiger partial charge in [-0.2, -0.15) is 16.7 Å². The number of hydrogen-bond donors (Lipinski definition) is 1. The van der Waals surface area contributed by atoms with Gasteiger partial charge in [0, 0.05) is 5.25 Å². The smallest absolute Gasteiger partial charge is 0.261 e. The maximum atomic E-state index is 13.1. The number of thioether (sulfide) groups is 1. The molecule has 1 aromatic carbocycles. The molecule has 4 nitrogen and oxygen atoms in total. The van der Waals surface area contributed by atoms with E-state index in [9.17, 15) is 9.50 Å². The molecule has 0 fully saturated rings. The second kappa shape index (κ2) is 6.06. The van der Waals surface area contributed by atoms with Crippen LogP contribution in [0.25, 0.3) is 11.5 Å². The predicted molar refractivity (Wildman–Crippen MR) is 72.4 cm³/mol. The number of halogens is 1. The molecular weight excluding hydrogens is 267 g/mol. The predicted octanol–water partition coefficient (Wildman–Crippen LogP) is 3.61. The molecule has 0 amide bonds. The van der Waals surface area contributed by atoms with Gasteiger partial charge in [-0.05, 0) is 24.6 Å². The highest BCUT2D eigenvalue weighted by Crippen LogP contribution is 2.29. The fourth-order valence-electron chi connectivity index (χ4n) is 1.44. The van der Waals surface area contributed by atoms with E-state index in [0.29, 0.717) is 16.8 Å². The number of phenolic OH excluding ortho intramolecular Hbond substituents is 1. The molecule has 102 valence electrons. The number of nitrogens with zero attached hydrogens (tertiary/aromatic N) is 2. The fourth-order valence-corrected chi connectivity index (χ4v) is 2.22. The highest BCUT2D eigenvalue weighted by Gasteiger charge is 2.14. The quantitative estimate of drug-likeness (QED) is 0.907. The van der Waals surface area contributed by atoms with E-state index in [0.717, 1.165) is 6.42 Å². The third kappa shape index (κ3) is 3.47. The van der Waals surface area contributed by atoms with Gasteiger partial charge < -0.3 is 9.63 Å². The zero-order valence-corrected chi connectivity index (χ0v) is 11.6. The zero-order valence-electron chi connectivity index (χ0n) is 10.8. The molecule has 0 radical (unpaired) electrons. The third-order valence-corrected chi connectivity index (χ3v) is 4.06. The molecule has 2 rings (SSSR count). The van der Waals surface area contributed by atoms with Crippen LogP contribution in [0.1, 0.15) is 26.1 Å². The average molecular weight is 282 g/mol. The molecular formula is C13H15FN2O2S. The molecule has 6 heteroatoms. The first-order valence-corrected chi connectivity index (χ1v) is 7.08. The van der Waals surface area contributed by atoms with E-state index >= 15 is 0 Å². The summed E-state index contributed by atoms with van der Waals surface area (Å²) >= 11 is 1.72. The van der Waals surface area contributed by atoms with Crippen LogP contribution in [-0.2, 0) is 5.75 Å². The topological polar surface area (TPSA) is 59.2 Å². The summed E-state index contributed by atoms with van der Waals surface area (Å²) in [6.07, 6.45) is 1.07. The normalized spacial score (nSPS) is 12.6. The highest BCUT2D eigenvalue weighted by molar-refractivity contribution is 7.99.